The Hall–Kier alpha value is -1.94. The first-order chi connectivity index (χ1) is 12.6. The van der Waals surface area contributed by atoms with Crippen LogP contribution in [0.1, 0.15) is 31.1 Å². The standard InChI is InChI=1S/C17H20F3N3O3S/c1-2-3-11-8-12-13(27-11)21-10-23(14(12)24)9-16(26)4-6-22(7-5-16)15(25)17(18,19)20/h8,10,26H,2-7,9H2,1H3. The Kier molecular flexibility index (Phi) is 5.31. The number of aryl methyl sites for hydroxylation is 1. The van der Waals surface area contributed by atoms with Crippen molar-refractivity contribution >= 4 is 27.5 Å². The molecule has 0 spiro atoms. The summed E-state index contributed by atoms with van der Waals surface area (Å²) in [6, 6.07) is 1.81. The van der Waals surface area contributed by atoms with Crippen LogP contribution in [0.4, 0.5) is 13.2 Å². The van der Waals surface area contributed by atoms with Crippen molar-refractivity contribution in [2.75, 3.05) is 13.1 Å². The summed E-state index contributed by atoms with van der Waals surface area (Å²) >= 11 is 1.46. The van der Waals surface area contributed by atoms with Gasteiger partial charge >= 0.3 is 12.1 Å². The van der Waals surface area contributed by atoms with E-state index in [0.29, 0.717) is 15.1 Å². The second-order valence-corrected chi connectivity index (χ2v) is 7.99. The molecular weight excluding hydrogens is 383 g/mol. The second kappa shape index (κ2) is 7.23. The minimum Gasteiger partial charge on any atom is -0.388 e. The van der Waals surface area contributed by atoms with Crippen molar-refractivity contribution in [2.45, 2.75) is 50.9 Å². The molecule has 27 heavy (non-hydrogen) atoms. The molecular formula is C17H20F3N3O3S. The molecule has 6 nitrogen and oxygen atoms in total. The lowest BCUT2D eigenvalue weighted by atomic mass is 9.91. The van der Waals surface area contributed by atoms with E-state index >= 15 is 0 Å². The predicted octanol–water partition coefficient (Wildman–Crippen LogP) is 2.33. The van der Waals surface area contributed by atoms with Crippen molar-refractivity contribution < 1.29 is 23.1 Å². The smallest absolute Gasteiger partial charge is 0.388 e. The molecule has 0 aliphatic carbocycles. The summed E-state index contributed by atoms with van der Waals surface area (Å²) in [6.45, 7) is 1.56. The summed E-state index contributed by atoms with van der Waals surface area (Å²) < 4.78 is 38.9. The number of carbonyl (C=O) groups is 1. The fourth-order valence-electron chi connectivity index (χ4n) is 3.27. The number of piperidine rings is 1. The van der Waals surface area contributed by atoms with Crippen molar-refractivity contribution in [3.8, 4) is 0 Å². The molecule has 0 bridgehead atoms. The zero-order valence-corrected chi connectivity index (χ0v) is 15.6. The molecule has 0 atom stereocenters. The van der Waals surface area contributed by atoms with Crippen LogP contribution in [0.3, 0.4) is 0 Å². The van der Waals surface area contributed by atoms with E-state index in [0.717, 1.165) is 17.7 Å². The number of aromatic nitrogens is 2. The number of carbonyl (C=O) groups excluding carboxylic acids is 1. The molecule has 1 N–H and O–H groups in total. The first-order valence-electron chi connectivity index (χ1n) is 8.69. The van der Waals surface area contributed by atoms with Crippen molar-refractivity contribution in [1.82, 2.24) is 14.5 Å². The molecule has 0 unspecified atom stereocenters. The fraction of sp³-hybridized carbons (Fsp3) is 0.588. The average molecular weight is 403 g/mol. The Bertz CT molecular complexity index is 898. The largest absolute Gasteiger partial charge is 0.471 e. The highest BCUT2D eigenvalue weighted by molar-refractivity contribution is 7.18. The molecule has 148 valence electrons. The molecule has 3 heterocycles. The van der Waals surface area contributed by atoms with Gasteiger partial charge in [0.2, 0.25) is 0 Å². The lowest BCUT2D eigenvalue weighted by Gasteiger charge is -2.38. The maximum Gasteiger partial charge on any atom is 0.471 e. The lowest BCUT2D eigenvalue weighted by Crippen LogP contribution is -2.52. The maximum atomic E-state index is 12.7. The van der Waals surface area contributed by atoms with Crippen LogP contribution < -0.4 is 5.56 Å². The summed E-state index contributed by atoms with van der Waals surface area (Å²) in [6.07, 6.45) is -1.83. The van der Waals surface area contributed by atoms with Crippen LogP contribution in [0.2, 0.25) is 0 Å². The van der Waals surface area contributed by atoms with Gasteiger partial charge in [0, 0.05) is 18.0 Å². The maximum absolute atomic E-state index is 12.7. The van der Waals surface area contributed by atoms with Gasteiger partial charge in [0.15, 0.2) is 0 Å². The van der Waals surface area contributed by atoms with E-state index < -0.39 is 17.7 Å². The first-order valence-corrected chi connectivity index (χ1v) is 9.51. The average Bonchev–Trinajstić information content (AvgIpc) is 3.01. The van der Waals surface area contributed by atoms with Gasteiger partial charge in [-0.15, -0.1) is 11.3 Å². The van der Waals surface area contributed by atoms with Gasteiger partial charge in [0.25, 0.3) is 5.56 Å². The summed E-state index contributed by atoms with van der Waals surface area (Å²) in [4.78, 5) is 30.6. The SMILES string of the molecule is CCCc1cc2c(=O)n(CC3(O)CCN(C(=O)C(F)(F)F)CC3)cnc2s1. The van der Waals surface area contributed by atoms with E-state index in [9.17, 15) is 27.9 Å². The Morgan fingerprint density at radius 2 is 2.04 bits per heavy atom. The fourth-order valence-corrected chi connectivity index (χ4v) is 4.36. The Labute approximate surface area is 157 Å². The van der Waals surface area contributed by atoms with Crippen LogP contribution in [0.5, 0.6) is 0 Å². The van der Waals surface area contributed by atoms with E-state index in [-0.39, 0.29) is 38.0 Å². The summed E-state index contributed by atoms with van der Waals surface area (Å²) in [7, 11) is 0. The zero-order chi connectivity index (χ0) is 19.8. The second-order valence-electron chi connectivity index (χ2n) is 6.87. The molecule has 0 aromatic carbocycles. The number of fused-ring (bicyclic) bond motifs is 1. The summed E-state index contributed by atoms with van der Waals surface area (Å²) in [5, 5.41) is 11.2. The van der Waals surface area contributed by atoms with Crippen LogP contribution in [0, 0.1) is 0 Å². The molecule has 0 radical (unpaired) electrons. The number of thiophene rings is 1. The third-order valence-electron chi connectivity index (χ3n) is 4.75. The minimum absolute atomic E-state index is 0.0377. The van der Waals surface area contributed by atoms with Gasteiger partial charge < -0.3 is 10.0 Å². The molecule has 1 fully saturated rings. The molecule has 1 aliphatic heterocycles. The Morgan fingerprint density at radius 3 is 2.63 bits per heavy atom. The normalized spacial score (nSPS) is 17.4. The quantitative estimate of drug-likeness (QED) is 0.850. The number of halogens is 3. The van der Waals surface area contributed by atoms with Gasteiger partial charge in [-0.05, 0) is 25.3 Å². The van der Waals surface area contributed by atoms with E-state index in [4.69, 9.17) is 0 Å². The zero-order valence-electron chi connectivity index (χ0n) is 14.8. The number of rotatable bonds is 4. The van der Waals surface area contributed by atoms with Crippen molar-refractivity contribution in [1.29, 1.82) is 0 Å². The Balaban J connectivity index is 1.74. The molecule has 1 amide bonds. The van der Waals surface area contributed by atoms with Crippen molar-refractivity contribution in [3.63, 3.8) is 0 Å². The highest BCUT2D eigenvalue weighted by Crippen LogP contribution is 2.28. The number of nitrogens with zero attached hydrogens (tertiary/aromatic N) is 3. The summed E-state index contributed by atoms with van der Waals surface area (Å²) in [5.74, 6) is -1.90. The molecule has 0 saturated carbocycles. The monoisotopic (exact) mass is 403 g/mol. The van der Waals surface area contributed by atoms with E-state index in [1.54, 1.807) is 0 Å². The minimum atomic E-state index is -4.92. The molecule has 10 heteroatoms. The van der Waals surface area contributed by atoms with Gasteiger partial charge in [-0.25, -0.2) is 4.98 Å². The molecule has 2 aromatic rings. The number of amides is 1. The summed E-state index contributed by atoms with van der Waals surface area (Å²) in [5.41, 5.74) is -1.63. The number of alkyl halides is 3. The van der Waals surface area contributed by atoms with Gasteiger partial charge in [0.05, 0.1) is 23.9 Å². The molecule has 3 rings (SSSR count). The third kappa shape index (κ3) is 4.16. The molecule has 1 aliphatic rings. The van der Waals surface area contributed by atoms with Crippen LogP contribution in [-0.2, 0) is 17.8 Å². The predicted molar refractivity (Wildman–Crippen MR) is 94.7 cm³/mol. The number of hydrogen-bond donors (Lipinski definition) is 1. The van der Waals surface area contributed by atoms with Gasteiger partial charge in [-0.1, -0.05) is 13.3 Å². The first kappa shape index (κ1) is 19.8. The Morgan fingerprint density at radius 1 is 1.37 bits per heavy atom. The molecule has 2 aromatic heterocycles. The third-order valence-corrected chi connectivity index (χ3v) is 5.86. The lowest BCUT2D eigenvalue weighted by molar-refractivity contribution is -0.188. The van der Waals surface area contributed by atoms with Crippen molar-refractivity contribution in [3.05, 3.63) is 27.6 Å². The highest BCUT2D eigenvalue weighted by Gasteiger charge is 2.45. The van der Waals surface area contributed by atoms with Crippen LogP contribution in [-0.4, -0.2) is 50.3 Å². The van der Waals surface area contributed by atoms with Gasteiger partial charge in [-0.3, -0.25) is 14.2 Å². The van der Waals surface area contributed by atoms with E-state index in [1.807, 2.05) is 13.0 Å². The number of hydrogen-bond acceptors (Lipinski definition) is 5. The van der Waals surface area contributed by atoms with Crippen LogP contribution in [0.15, 0.2) is 17.2 Å². The number of likely N-dealkylation sites (tertiary alicyclic amines) is 1. The van der Waals surface area contributed by atoms with Crippen LogP contribution >= 0.6 is 11.3 Å². The van der Waals surface area contributed by atoms with Crippen molar-refractivity contribution in [2.24, 2.45) is 0 Å². The van der Waals surface area contributed by atoms with E-state index in [1.165, 1.54) is 22.2 Å². The van der Waals surface area contributed by atoms with Gasteiger partial charge in [-0.2, -0.15) is 13.2 Å². The molecule has 1 saturated heterocycles. The highest BCUT2D eigenvalue weighted by atomic mass is 32.1. The van der Waals surface area contributed by atoms with Crippen LogP contribution in [0.25, 0.3) is 10.2 Å². The van der Waals surface area contributed by atoms with E-state index in [2.05, 4.69) is 4.98 Å². The van der Waals surface area contributed by atoms with Gasteiger partial charge in [0.1, 0.15) is 4.83 Å². The topological polar surface area (TPSA) is 75.4 Å². The number of aliphatic hydroxyl groups is 1.